The third-order valence-corrected chi connectivity index (χ3v) is 6.01. The average molecular weight is 495 g/mol. The van der Waals surface area contributed by atoms with Crippen molar-refractivity contribution < 1.29 is 19.1 Å². The average Bonchev–Trinajstić information content (AvgIpc) is 3.44. The SMILES string of the molecule is CC1(C)OC(Cn2c(N)nc3cc(C(N)=O)ccc32)[C@@H](Cn2c(N)nc3cc(C=O)ccc32)O1.CN. The Balaban J connectivity index is 0.00000148. The summed E-state index contributed by atoms with van der Waals surface area (Å²) in [5.74, 6) is -0.751. The molecule has 0 bridgehead atoms. The van der Waals surface area contributed by atoms with E-state index in [4.69, 9.17) is 26.7 Å². The number of amides is 1. The minimum absolute atomic E-state index is 0.290. The van der Waals surface area contributed by atoms with Gasteiger partial charge in [-0.05, 0) is 57.3 Å². The van der Waals surface area contributed by atoms with Gasteiger partial charge >= 0.3 is 0 Å². The maximum absolute atomic E-state index is 11.5. The Morgan fingerprint density at radius 1 is 0.944 bits per heavy atom. The van der Waals surface area contributed by atoms with E-state index in [1.807, 2.05) is 29.0 Å². The van der Waals surface area contributed by atoms with Crippen LogP contribution in [0.3, 0.4) is 0 Å². The molecule has 5 rings (SSSR count). The summed E-state index contributed by atoms with van der Waals surface area (Å²) in [6.45, 7) is 4.45. The zero-order valence-electron chi connectivity index (χ0n) is 20.3. The van der Waals surface area contributed by atoms with Crippen LogP contribution in [0.2, 0.25) is 0 Å². The number of imidazole rings is 2. The largest absolute Gasteiger partial charge is 0.369 e. The summed E-state index contributed by atoms with van der Waals surface area (Å²) in [7, 11) is 1.50. The number of rotatable bonds is 6. The summed E-state index contributed by atoms with van der Waals surface area (Å²) in [6.07, 6.45) is 0.0201. The number of nitrogens with two attached hydrogens (primary N) is 4. The molecular formula is C24H30N8O4. The third-order valence-electron chi connectivity index (χ3n) is 6.01. The predicted molar refractivity (Wildman–Crippen MR) is 136 cm³/mol. The smallest absolute Gasteiger partial charge is 0.248 e. The van der Waals surface area contributed by atoms with E-state index < -0.39 is 11.7 Å². The first-order valence-corrected chi connectivity index (χ1v) is 11.3. The van der Waals surface area contributed by atoms with E-state index in [1.54, 1.807) is 30.3 Å². The highest BCUT2D eigenvalue weighted by molar-refractivity contribution is 5.96. The zero-order chi connectivity index (χ0) is 26.2. The number of carbonyl (C=O) groups is 2. The first kappa shape index (κ1) is 25.1. The molecule has 1 aliphatic rings. The van der Waals surface area contributed by atoms with Crippen molar-refractivity contribution in [2.75, 3.05) is 18.5 Å². The quantitative estimate of drug-likeness (QED) is 0.285. The molecule has 2 aromatic carbocycles. The van der Waals surface area contributed by atoms with Crippen LogP contribution in [0.5, 0.6) is 0 Å². The van der Waals surface area contributed by atoms with E-state index >= 15 is 0 Å². The minimum Gasteiger partial charge on any atom is -0.369 e. The van der Waals surface area contributed by atoms with Gasteiger partial charge < -0.3 is 41.5 Å². The van der Waals surface area contributed by atoms with Crippen molar-refractivity contribution in [3.63, 3.8) is 0 Å². The lowest BCUT2D eigenvalue weighted by molar-refractivity contribution is -0.147. The molecule has 1 aliphatic heterocycles. The van der Waals surface area contributed by atoms with E-state index in [0.29, 0.717) is 41.2 Å². The zero-order valence-corrected chi connectivity index (χ0v) is 20.3. The molecule has 0 spiro atoms. The number of aldehydes is 1. The number of hydrogen-bond donors (Lipinski definition) is 4. The Morgan fingerprint density at radius 2 is 1.44 bits per heavy atom. The molecule has 0 aliphatic carbocycles. The van der Waals surface area contributed by atoms with Gasteiger partial charge in [-0.15, -0.1) is 0 Å². The molecule has 1 fully saturated rings. The summed E-state index contributed by atoms with van der Waals surface area (Å²) < 4.78 is 16.1. The number of carbonyl (C=O) groups excluding carboxylic acids is 2. The topological polar surface area (TPSA) is 192 Å². The van der Waals surface area contributed by atoms with Gasteiger partial charge in [-0.2, -0.15) is 0 Å². The second kappa shape index (κ2) is 9.57. The normalized spacial score (nSPS) is 18.8. The molecule has 1 saturated heterocycles. The van der Waals surface area contributed by atoms with E-state index in [9.17, 15) is 9.59 Å². The minimum atomic E-state index is -0.824. The van der Waals surface area contributed by atoms with Gasteiger partial charge in [0.15, 0.2) is 5.79 Å². The van der Waals surface area contributed by atoms with Crippen LogP contribution in [0.4, 0.5) is 11.9 Å². The summed E-state index contributed by atoms with van der Waals surface area (Å²) >= 11 is 0. The lowest BCUT2D eigenvalue weighted by Gasteiger charge is -2.20. The Kier molecular flexibility index (Phi) is 6.67. The summed E-state index contributed by atoms with van der Waals surface area (Å²) in [6, 6.07) is 10.3. The Bertz CT molecular complexity index is 1440. The standard InChI is InChI=1S/C23H25N7O4.CH5N/c1-23(2)33-18(9-29-16-5-3-12(11-31)7-14(16)27-21(29)25)19(34-23)10-30-17-6-4-13(20(24)32)8-15(17)28-22(30)26;1-2/h3-8,11,18-19H,9-10H2,1-2H3,(H2,24,32)(H2,25,27)(H2,26,28);2H2,1H3/t18-,19?;/m1./s1. The molecule has 12 heteroatoms. The van der Waals surface area contributed by atoms with Crippen LogP contribution in [0, 0.1) is 0 Å². The van der Waals surface area contributed by atoms with Crippen molar-refractivity contribution in [1.29, 1.82) is 0 Å². The molecular weight excluding hydrogens is 464 g/mol. The maximum Gasteiger partial charge on any atom is 0.248 e. The Hall–Kier alpha value is -4.00. The number of anilines is 2. The second-order valence-electron chi connectivity index (χ2n) is 8.81. The van der Waals surface area contributed by atoms with E-state index in [-0.39, 0.29) is 18.2 Å². The number of primary amides is 1. The van der Waals surface area contributed by atoms with Gasteiger partial charge in [-0.1, -0.05) is 0 Å². The van der Waals surface area contributed by atoms with Crippen molar-refractivity contribution in [2.45, 2.75) is 44.9 Å². The summed E-state index contributed by atoms with van der Waals surface area (Å²) in [4.78, 5) is 31.4. The number of aromatic nitrogens is 4. The van der Waals surface area contributed by atoms with Crippen LogP contribution in [-0.2, 0) is 22.6 Å². The van der Waals surface area contributed by atoms with E-state index in [1.165, 1.54) is 7.05 Å². The van der Waals surface area contributed by atoms with Crippen LogP contribution >= 0.6 is 0 Å². The van der Waals surface area contributed by atoms with E-state index in [2.05, 4.69) is 15.7 Å². The molecule has 12 nitrogen and oxygen atoms in total. The molecule has 1 unspecified atom stereocenters. The van der Waals surface area contributed by atoms with Crippen LogP contribution < -0.4 is 22.9 Å². The summed E-state index contributed by atoms with van der Waals surface area (Å²) in [5.41, 5.74) is 25.9. The third kappa shape index (κ3) is 4.61. The molecule has 3 heterocycles. The molecule has 2 aromatic heterocycles. The highest BCUT2D eigenvalue weighted by Crippen LogP contribution is 2.33. The van der Waals surface area contributed by atoms with Crippen LogP contribution in [0.25, 0.3) is 22.1 Å². The molecule has 0 saturated carbocycles. The van der Waals surface area contributed by atoms with Crippen LogP contribution in [-0.4, -0.2) is 56.3 Å². The van der Waals surface area contributed by atoms with Crippen LogP contribution in [0.1, 0.15) is 34.6 Å². The molecule has 190 valence electrons. The van der Waals surface area contributed by atoms with Crippen molar-refractivity contribution >= 4 is 46.2 Å². The highest BCUT2D eigenvalue weighted by atomic mass is 16.8. The fourth-order valence-electron chi connectivity index (χ4n) is 4.50. The van der Waals surface area contributed by atoms with Gasteiger partial charge in [-0.3, -0.25) is 9.59 Å². The molecule has 36 heavy (non-hydrogen) atoms. The first-order chi connectivity index (χ1) is 17.1. The molecule has 8 N–H and O–H groups in total. The van der Waals surface area contributed by atoms with Crippen LogP contribution in [0.15, 0.2) is 36.4 Å². The monoisotopic (exact) mass is 494 g/mol. The number of benzene rings is 2. The number of hydrogen-bond acceptors (Lipinski definition) is 9. The number of fused-ring (bicyclic) bond motifs is 2. The molecule has 2 atom stereocenters. The lowest BCUT2D eigenvalue weighted by Crippen LogP contribution is -2.32. The molecule has 4 aromatic rings. The molecule has 0 radical (unpaired) electrons. The number of ether oxygens (including phenoxy) is 2. The van der Waals surface area contributed by atoms with Crippen molar-refractivity contribution in [1.82, 2.24) is 19.1 Å². The summed E-state index contributed by atoms with van der Waals surface area (Å²) in [5, 5.41) is 0. The van der Waals surface area contributed by atoms with Crippen molar-refractivity contribution in [3.8, 4) is 0 Å². The van der Waals surface area contributed by atoms with Crippen molar-refractivity contribution in [3.05, 3.63) is 47.5 Å². The van der Waals surface area contributed by atoms with Crippen molar-refractivity contribution in [2.24, 2.45) is 11.5 Å². The van der Waals surface area contributed by atoms with Gasteiger partial charge in [0.1, 0.15) is 18.5 Å². The van der Waals surface area contributed by atoms with Gasteiger partial charge in [0.25, 0.3) is 0 Å². The van der Waals surface area contributed by atoms with Gasteiger partial charge in [0, 0.05) is 11.1 Å². The van der Waals surface area contributed by atoms with Gasteiger partial charge in [0.05, 0.1) is 35.2 Å². The highest BCUT2D eigenvalue weighted by Gasteiger charge is 2.42. The number of nitrogens with zero attached hydrogens (tertiary/aromatic N) is 4. The van der Waals surface area contributed by atoms with E-state index in [0.717, 1.165) is 17.3 Å². The number of nitrogen functional groups attached to an aromatic ring is 2. The van der Waals surface area contributed by atoms with Gasteiger partial charge in [0.2, 0.25) is 17.8 Å². The fourth-order valence-corrected chi connectivity index (χ4v) is 4.50. The Morgan fingerprint density at radius 3 is 1.94 bits per heavy atom. The second-order valence-corrected chi connectivity index (χ2v) is 8.81. The maximum atomic E-state index is 11.5. The van der Waals surface area contributed by atoms with Gasteiger partial charge in [-0.25, -0.2) is 9.97 Å². The first-order valence-electron chi connectivity index (χ1n) is 11.3. The predicted octanol–water partition coefficient (Wildman–Crippen LogP) is 1.26. The lowest BCUT2D eigenvalue weighted by atomic mass is 10.1. The fraction of sp³-hybridized carbons (Fsp3) is 0.333. The Labute approximate surface area is 207 Å². The molecule has 1 amide bonds.